The molecule has 0 fully saturated rings. The summed E-state index contributed by atoms with van der Waals surface area (Å²) in [6, 6.07) is 0. The van der Waals surface area contributed by atoms with Crippen molar-refractivity contribution in [1.29, 1.82) is 0 Å². The third-order valence-electron chi connectivity index (χ3n) is 2.51. The number of hydrogen-bond donors (Lipinski definition) is 0. The lowest BCUT2D eigenvalue weighted by atomic mass is 10.2. The van der Waals surface area contributed by atoms with Crippen molar-refractivity contribution < 1.29 is 4.79 Å². The van der Waals surface area contributed by atoms with E-state index in [2.05, 4.69) is 43.4 Å². The van der Waals surface area contributed by atoms with Crippen LogP contribution in [0.4, 0.5) is 0 Å². The highest BCUT2D eigenvalue weighted by molar-refractivity contribution is 5.64. The van der Waals surface area contributed by atoms with E-state index in [0.717, 1.165) is 25.5 Å². The Morgan fingerprint density at radius 3 is 1.83 bits per heavy atom. The fourth-order valence-corrected chi connectivity index (χ4v) is 1.48. The molecule has 0 saturated heterocycles. The number of hydrogen-bond acceptors (Lipinski definition) is 1. The first kappa shape index (κ1) is 16.6. The van der Waals surface area contributed by atoms with Crippen LogP contribution < -0.4 is 0 Å². The molecule has 0 aromatic carbocycles. The van der Waals surface area contributed by atoms with E-state index in [4.69, 9.17) is 0 Å². The summed E-state index contributed by atoms with van der Waals surface area (Å²) in [6.07, 6.45) is 25.3. The molecular formula is C17H26O. The van der Waals surface area contributed by atoms with E-state index in [1.54, 1.807) is 0 Å². The van der Waals surface area contributed by atoms with Crippen molar-refractivity contribution in [1.82, 2.24) is 0 Å². The zero-order valence-electron chi connectivity index (χ0n) is 11.6. The van der Waals surface area contributed by atoms with Gasteiger partial charge in [0.05, 0.1) is 0 Å². The quantitative estimate of drug-likeness (QED) is 0.213. The van der Waals surface area contributed by atoms with Crippen molar-refractivity contribution in [2.75, 3.05) is 0 Å². The van der Waals surface area contributed by atoms with Gasteiger partial charge in [0.25, 0.3) is 0 Å². The number of unbranched alkanes of at least 4 members (excludes halogenated alkanes) is 3. The summed E-state index contributed by atoms with van der Waals surface area (Å²) in [5.74, 6) is 0. The third kappa shape index (κ3) is 14.6. The summed E-state index contributed by atoms with van der Waals surface area (Å²) in [5, 5.41) is 0. The molecule has 18 heavy (non-hydrogen) atoms. The highest BCUT2D eigenvalue weighted by Gasteiger charge is 1.80. The lowest BCUT2D eigenvalue weighted by Gasteiger charge is -1.90. The van der Waals surface area contributed by atoms with Crippen LogP contribution in [-0.4, -0.2) is 6.29 Å². The maximum Gasteiger partial charge on any atom is 0.142 e. The Morgan fingerprint density at radius 2 is 1.28 bits per heavy atom. The zero-order valence-corrected chi connectivity index (χ0v) is 11.6. The molecule has 100 valence electrons. The minimum Gasteiger partial charge on any atom is -0.299 e. The van der Waals surface area contributed by atoms with Crippen LogP contribution in [0.5, 0.6) is 0 Å². The average molecular weight is 246 g/mol. The Hall–Kier alpha value is -1.37. The monoisotopic (exact) mass is 246 g/mol. The molecule has 0 aromatic heterocycles. The van der Waals surface area contributed by atoms with Crippen LogP contribution in [0.2, 0.25) is 0 Å². The van der Waals surface area contributed by atoms with Gasteiger partial charge in [-0.25, -0.2) is 0 Å². The first-order valence-corrected chi connectivity index (χ1v) is 6.97. The predicted molar refractivity (Wildman–Crippen MR) is 80.6 cm³/mol. The number of allylic oxidation sites excluding steroid dienone is 8. The Labute approximate surface area is 112 Å². The van der Waals surface area contributed by atoms with Gasteiger partial charge in [-0.1, -0.05) is 62.3 Å². The maximum atomic E-state index is 9.99. The highest BCUT2D eigenvalue weighted by Crippen LogP contribution is 2.00. The summed E-state index contributed by atoms with van der Waals surface area (Å²) in [4.78, 5) is 9.99. The second kappa shape index (κ2) is 15.6. The molecule has 1 heteroatoms. The number of rotatable bonds is 11. The fraction of sp³-hybridized carbons (Fsp3) is 0.471. The second-order valence-electron chi connectivity index (χ2n) is 4.18. The van der Waals surface area contributed by atoms with Crippen LogP contribution in [0, 0.1) is 0 Å². The summed E-state index contributed by atoms with van der Waals surface area (Å²) >= 11 is 0. The molecule has 0 spiro atoms. The fourth-order valence-electron chi connectivity index (χ4n) is 1.48. The molecule has 0 aliphatic heterocycles. The molecule has 0 N–H and O–H groups in total. The van der Waals surface area contributed by atoms with Crippen LogP contribution in [0.15, 0.2) is 48.6 Å². The van der Waals surface area contributed by atoms with Crippen molar-refractivity contribution in [3.63, 3.8) is 0 Å². The van der Waals surface area contributed by atoms with E-state index in [1.807, 2.05) is 6.08 Å². The van der Waals surface area contributed by atoms with Crippen LogP contribution in [-0.2, 0) is 4.79 Å². The average Bonchev–Trinajstić information content (AvgIpc) is 2.39. The first-order chi connectivity index (χ1) is 8.91. The Bertz CT molecular complexity index is 282. The van der Waals surface area contributed by atoms with Gasteiger partial charge < -0.3 is 0 Å². The minimum atomic E-state index is 0.806. The number of carbonyl (C=O) groups excluding carboxylic acids is 1. The summed E-state index contributed by atoms with van der Waals surface area (Å²) < 4.78 is 0. The molecule has 0 aliphatic carbocycles. The van der Waals surface area contributed by atoms with E-state index in [-0.39, 0.29) is 0 Å². The number of carbonyl (C=O) groups is 1. The Morgan fingerprint density at radius 1 is 0.722 bits per heavy atom. The topological polar surface area (TPSA) is 17.1 Å². The van der Waals surface area contributed by atoms with Crippen molar-refractivity contribution in [2.45, 2.75) is 51.9 Å². The lowest BCUT2D eigenvalue weighted by Crippen LogP contribution is -1.70. The molecule has 0 radical (unpaired) electrons. The van der Waals surface area contributed by atoms with Crippen molar-refractivity contribution in [3.05, 3.63) is 48.6 Å². The zero-order chi connectivity index (χ0) is 13.3. The summed E-state index contributed by atoms with van der Waals surface area (Å²) in [5.41, 5.74) is 0. The maximum absolute atomic E-state index is 9.99. The van der Waals surface area contributed by atoms with Gasteiger partial charge in [0.1, 0.15) is 6.29 Å². The highest BCUT2D eigenvalue weighted by atomic mass is 16.1. The van der Waals surface area contributed by atoms with Crippen LogP contribution >= 0.6 is 0 Å². The summed E-state index contributed by atoms with van der Waals surface area (Å²) in [7, 11) is 0. The first-order valence-electron chi connectivity index (χ1n) is 6.97. The van der Waals surface area contributed by atoms with E-state index in [0.29, 0.717) is 0 Å². The minimum absolute atomic E-state index is 0.806. The largest absolute Gasteiger partial charge is 0.299 e. The number of aldehydes is 1. The SMILES string of the molecule is CCCCCC=CCC=CCC=CCC=CC=O. The van der Waals surface area contributed by atoms with Crippen molar-refractivity contribution in [2.24, 2.45) is 0 Å². The van der Waals surface area contributed by atoms with Crippen molar-refractivity contribution in [3.8, 4) is 0 Å². The lowest BCUT2D eigenvalue weighted by molar-refractivity contribution is -0.104. The molecule has 0 atom stereocenters. The second-order valence-corrected chi connectivity index (χ2v) is 4.18. The van der Waals surface area contributed by atoms with E-state index >= 15 is 0 Å². The van der Waals surface area contributed by atoms with Gasteiger partial charge in [-0.2, -0.15) is 0 Å². The Kier molecular flexibility index (Phi) is 14.4. The smallest absolute Gasteiger partial charge is 0.142 e. The van der Waals surface area contributed by atoms with Gasteiger partial charge in [0, 0.05) is 0 Å². The normalized spacial score (nSPS) is 12.5. The van der Waals surface area contributed by atoms with Crippen molar-refractivity contribution >= 4 is 6.29 Å². The van der Waals surface area contributed by atoms with Gasteiger partial charge in [-0.15, -0.1) is 0 Å². The van der Waals surface area contributed by atoms with E-state index in [1.165, 1.54) is 31.8 Å². The molecule has 0 unspecified atom stereocenters. The van der Waals surface area contributed by atoms with Gasteiger partial charge in [-0.3, -0.25) is 4.79 Å². The molecule has 0 rings (SSSR count). The molecular weight excluding hydrogens is 220 g/mol. The molecule has 0 amide bonds. The molecule has 1 nitrogen and oxygen atoms in total. The predicted octanol–water partition coefficient (Wildman–Crippen LogP) is 5.16. The van der Waals surface area contributed by atoms with E-state index < -0.39 is 0 Å². The molecule has 0 heterocycles. The third-order valence-corrected chi connectivity index (χ3v) is 2.51. The van der Waals surface area contributed by atoms with Crippen LogP contribution in [0.25, 0.3) is 0 Å². The molecule has 0 aromatic rings. The van der Waals surface area contributed by atoms with Crippen LogP contribution in [0.3, 0.4) is 0 Å². The van der Waals surface area contributed by atoms with Crippen LogP contribution in [0.1, 0.15) is 51.9 Å². The van der Waals surface area contributed by atoms with Gasteiger partial charge >= 0.3 is 0 Å². The van der Waals surface area contributed by atoms with Gasteiger partial charge in [0.15, 0.2) is 0 Å². The molecule has 0 aliphatic rings. The van der Waals surface area contributed by atoms with Gasteiger partial charge in [-0.05, 0) is 38.2 Å². The summed E-state index contributed by atoms with van der Waals surface area (Å²) in [6.45, 7) is 2.23. The molecule has 0 saturated carbocycles. The standard InChI is InChI=1S/C17H26O/c1-2-3-4-5-6-7-8-9-10-11-12-13-14-15-16-17-18/h6-7,9-10,12-13,15-17H,2-5,8,11,14H2,1H3. The van der Waals surface area contributed by atoms with Gasteiger partial charge in [0.2, 0.25) is 0 Å². The van der Waals surface area contributed by atoms with E-state index in [9.17, 15) is 4.79 Å². The Balaban J connectivity index is 3.37. The molecule has 0 bridgehead atoms.